The zero-order valence-corrected chi connectivity index (χ0v) is 15.5. The van der Waals surface area contributed by atoms with Gasteiger partial charge in [0.2, 0.25) is 5.91 Å². The number of benzene rings is 3. The van der Waals surface area contributed by atoms with Crippen molar-refractivity contribution in [3.05, 3.63) is 101 Å². The van der Waals surface area contributed by atoms with Crippen LogP contribution in [-0.4, -0.2) is 11.8 Å². The number of carbonyl (C=O) groups is 2. The smallest absolute Gasteiger partial charge is 0.253 e. The molecule has 28 heavy (non-hydrogen) atoms. The van der Waals surface area contributed by atoms with Gasteiger partial charge in [-0.1, -0.05) is 60.2 Å². The van der Waals surface area contributed by atoms with E-state index in [1.807, 2.05) is 31.2 Å². The normalized spacial score (nSPS) is 10.4. The summed E-state index contributed by atoms with van der Waals surface area (Å²) in [4.78, 5) is 24.9. The van der Waals surface area contributed by atoms with E-state index in [0.29, 0.717) is 23.4 Å². The van der Waals surface area contributed by atoms with Crippen molar-refractivity contribution in [2.75, 3.05) is 5.32 Å². The molecule has 0 saturated carbocycles. The first-order valence-electron chi connectivity index (χ1n) is 8.99. The van der Waals surface area contributed by atoms with Crippen molar-refractivity contribution in [1.82, 2.24) is 5.32 Å². The molecule has 0 aromatic heterocycles. The van der Waals surface area contributed by atoms with E-state index >= 15 is 0 Å². The quantitative estimate of drug-likeness (QED) is 0.676. The third kappa shape index (κ3) is 5.04. The summed E-state index contributed by atoms with van der Waals surface area (Å²) in [5.41, 5.74) is 3.20. The second kappa shape index (κ2) is 8.95. The molecule has 0 atom stereocenters. The average Bonchev–Trinajstić information content (AvgIpc) is 2.69. The predicted octanol–water partition coefficient (Wildman–Crippen LogP) is 4.25. The summed E-state index contributed by atoms with van der Waals surface area (Å²) in [5.74, 6) is -1.10. The number of hydrogen-bond acceptors (Lipinski definition) is 2. The Bertz CT molecular complexity index is 984. The largest absolute Gasteiger partial charge is 0.348 e. The summed E-state index contributed by atoms with van der Waals surface area (Å²) in [5, 5.41) is 5.56. The third-order valence-electron chi connectivity index (χ3n) is 4.33. The Hall–Kier alpha value is -3.47. The molecule has 142 valence electrons. The van der Waals surface area contributed by atoms with Crippen molar-refractivity contribution < 1.29 is 14.0 Å². The molecule has 0 bridgehead atoms. The number of rotatable bonds is 6. The van der Waals surface area contributed by atoms with Crippen molar-refractivity contribution >= 4 is 17.5 Å². The van der Waals surface area contributed by atoms with Gasteiger partial charge in [-0.3, -0.25) is 9.59 Å². The summed E-state index contributed by atoms with van der Waals surface area (Å²) in [6, 6.07) is 20.8. The molecule has 0 aliphatic heterocycles. The molecule has 2 N–H and O–H groups in total. The second-order valence-corrected chi connectivity index (χ2v) is 6.53. The zero-order chi connectivity index (χ0) is 19.9. The molecule has 0 unspecified atom stereocenters. The summed E-state index contributed by atoms with van der Waals surface area (Å²) in [7, 11) is 0. The molecule has 2 amide bonds. The molecule has 4 nitrogen and oxygen atoms in total. The molecular formula is C23H21FN2O2. The fourth-order valence-electron chi connectivity index (χ4n) is 2.78. The topological polar surface area (TPSA) is 58.2 Å². The van der Waals surface area contributed by atoms with Gasteiger partial charge in [0, 0.05) is 6.54 Å². The highest BCUT2D eigenvalue weighted by molar-refractivity contribution is 6.04. The molecule has 0 aliphatic rings. The number of amides is 2. The minimum Gasteiger partial charge on any atom is -0.348 e. The number of carbonyl (C=O) groups excluding carboxylic acids is 2. The van der Waals surface area contributed by atoms with Crippen LogP contribution in [0.1, 0.15) is 27.0 Å². The summed E-state index contributed by atoms with van der Waals surface area (Å²) in [6.45, 7) is 2.39. The Balaban J connectivity index is 1.66. The molecule has 3 aromatic carbocycles. The van der Waals surface area contributed by atoms with Crippen LogP contribution in [0.4, 0.5) is 10.1 Å². The number of aryl methyl sites for hydroxylation is 1. The highest BCUT2D eigenvalue weighted by atomic mass is 19.1. The van der Waals surface area contributed by atoms with Gasteiger partial charge in [0.1, 0.15) is 5.82 Å². The molecule has 0 spiro atoms. The first-order valence-corrected chi connectivity index (χ1v) is 8.99. The van der Waals surface area contributed by atoms with Crippen LogP contribution in [0.5, 0.6) is 0 Å². The highest BCUT2D eigenvalue weighted by Gasteiger charge is 2.14. The molecule has 0 radical (unpaired) electrons. The predicted molar refractivity (Wildman–Crippen MR) is 108 cm³/mol. The van der Waals surface area contributed by atoms with Crippen molar-refractivity contribution in [2.45, 2.75) is 19.9 Å². The van der Waals surface area contributed by atoms with Gasteiger partial charge < -0.3 is 10.6 Å². The van der Waals surface area contributed by atoms with Gasteiger partial charge in [0.05, 0.1) is 17.7 Å². The second-order valence-electron chi connectivity index (χ2n) is 6.53. The molecular weight excluding hydrogens is 355 g/mol. The van der Waals surface area contributed by atoms with Crippen LogP contribution in [-0.2, 0) is 17.8 Å². The maximum Gasteiger partial charge on any atom is 0.253 e. The van der Waals surface area contributed by atoms with Crippen molar-refractivity contribution in [3.63, 3.8) is 0 Å². The third-order valence-corrected chi connectivity index (χ3v) is 4.33. The highest BCUT2D eigenvalue weighted by Crippen LogP contribution is 2.16. The van der Waals surface area contributed by atoms with E-state index < -0.39 is 5.82 Å². The molecule has 3 rings (SSSR count). The van der Waals surface area contributed by atoms with E-state index in [4.69, 9.17) is 0 Å². The lowest BCUT2D eigenvalue weighted by Gasteiger charge is -2.12. The van der Waals surface area contributed by atoms with Crippen LogP contribution in [0.2, 0.25) is 0 Å². The summed E-state index contributed by atoms with van der Waals surface area (Å²) < 4.78 is 13.7. The first-order chi connectivity index (χ1) is 13.5. The first kappa shape index (κ1) is 19.3. The van der Waals surface area contributed by atoms with Gasteiger partial charge >= 0.3 is 0 Å². The van der Waals surface area contributed by atoms with Crippen molar-refractivity contribution in [3.8, 4) is 0 Å². The lowest BCUT2D eigenvalue weighted by atomic mass is 10.1. The van der Waals surface area contributed by atoms with Crippen LogP contribution in [0.25, 0.3) is 0 Å². The van der Waals surface area contributed by atoms with Crippen LogP contribution in [0, 0.1) is 12.7 Å². The summed E-state index contributed by atoms with van der Waals surface area (Å²) in [6.07, 6.45) is -0.105. The van der Waals surface area contributed by atoms with Gasteiger partial charge in [0.15, 0.2) is 0 Å². The molecule has 5 heteroatoms. The summed E-state index contributed by atoms with van der Waals surface area (Å²) >= 11 is 0. The van der Waals surface area contributed by atoms with E-state index in [1.165, 1.54) is 6.07 Å². The van der Waals surface area contributed by atoms with E-state index in [9.17, 15) is 14.0 Å². The number of hydrogen-bond donors (Lipinski definition) is 2. The maximum absolute atomic E-state index is 13.7. The average molecular weight is 376 g/mol. The van der Waals surface area contributed by atoms with Crippen LogP contribution in [0.15, 0.2) is 72.8 Å². The number of nitrogens with one attached hydrogen (secondary N) is 2. The van der Waals surface area contributed by atoms with Gasteiger partial charge in [-0.05, 0) is 36.2 Å². The molecule has 0 heterocycles. The maximum atomic E-state index is 13.7. The van der Waals surface area contributed by atoms with Gasteiger partial charge in [-0.25, -0.2) is 4.39 Å². The number of para-hydroxylation sites is 1. The van der Waals surface area contributed by atoms with E-state index in [2.05, 4.69) is 10.6 Å². The fraction of sp³-hybridized carbons (Fsp3) is 0.130. The molecule has 0 fully saturated rings. The Labute approximate surface area is 163 Å². The molecule has 3 aromatic rings. The van der Waals surface area contributed by atoms with E-state index in [1.54, 1.807) is 42.5 Å². The Kier molecular flexibility index (Phi) is 6.17. The lowest BCUT2D eigenvalue weighted by Crippen LogP contribution is -2.25. The van der Waals surface area contributed by atoms with E-state index in [-0.39, 0.29) is 18.2 Å². The van der Waals surface area contributed by atoms with E-state index in [0.717, 1.165) is 11.1 Å². The standard InChI is InChI=1S/C23H21FN2O2/c1-16-10-12-17(13-11-16)15-25-23(28)19-7-3-5-9-21(19)26-22(27)14-18-6-2-4-8-20(18)24/h2-13H,14-15H2,1H3,(H,25,28)(H,26,27). The number of anilines is 1. The Morgan fingerprint density at radius 3 is 2.32 bits per heavy atom. The lowest BCUT2D eigenvalue weighted by molar-refractivity contribution is -0.115. The number of halogens is 1. The SMILES string of the molecule is Cc1ccc(CNC(=O)c2ccccc2NC(=O)Cc2ccccc2F)cc1. The van der Waals surface area contributed by atoms with Crippen LogP contribution >= 0.6 is 0 Å². The molecule has 0 aliphatic carbocycles. The zero-order valence-electron chi connectivity index (χ0n) is 15.5. The van der Waals surface area contributed by atoms with Crippen LogP contribution < -0.4 is 10.6 Å². The molecule has 0 saturated heterocycles. The van der Waals surface area contributed by atoms with Gasteiger partial charge in [0.25, 0.3) is 5.91 Å². The fourth-order valence-corrected chi connectivity index (χ4v) is 2.78. The van der Waals surface area contributed by atoms with Crippen molar-refractivity contribution in [2.24, 2.45) is 0 Å². The van der Waals surface area contributed by atoms with Gasteiger partial charge in [-0.2, -0.15) is 0 Å². The minimum atomic E-state index is -0.429. The monoisotopic (exact) mass is 376 g/mol. The Morgan fingerprint density at radius 1 is 0.893 bits per heavy atom. The van der Waals surface area contributed by atoms with Crippen molar-refractivity contribution in [1.29, 1.82) is 0 Å². The minimum absolute atomic E-state index is 0.105. The van der Waals surface area contributed by atoms with Gasteiger partial charge in [-0.15, -0.1) is 0 Å². The van der Waals surface area contributed by atoms with Crippen LogP contribution in [0.3, 0.4) is 0 Å². The Morgan fingerprint density at radius 2 is 1.57 bits per heavy atom.